The third-order valence-electron chi connectivity index (χ3n) is 8.99. The van der Waals surface area contributed by atoms with E-state index >= 15 is 0 Å². The number of carbonyl (C=O) groups is 2. The molecule has 1 aliphatic carbocycles. The van der Waals surface area contributed by atoms with E-state index in [1.807, 2.05) is 30.3 Å². The topological polar surface area (TPSA) is 86.6 Å². The predicted molar refractivity (Wildman–Crippen MR) is 166 cm³/mol. The molecule has 42 heavy (non-hydrogen) atoms. The monoisotopic (exact) mass is 568 g/mol. The van der Waals surface area contributed by atoms with Gasteiger partial charge in [0.05, 0.1) is 11.3 Å². The fourth-order valence-corrected chi connectivity index (χ4v) is 6.52. The van der Waals surface area contributed by atoms with Crippen LogP contribution in [0.4, 0.5) is 5.95 Å². The van der Waals surface area contributed by atoms with Crippen LogP contribution < -0.4 is 4.90 Å². The Balaban J connectivity index is 1.31. The summed E-state index contributed by atoms with van der Waals surface area (Å²) in [4.78, 5) is 39.0. The number of aromatic nitrogens is 2. The molecule has 7 nitrogen and oxygen atoms in total. The second-order valence-electron chi connectivity index (χ2n) is 12.0. The van der Waals surface area contributed by atoms with Crippen LogP contribution in [0.1, 0.15) is 78.5 Å². The lowest BCUT2D eigenvalue weighted by atomic mass is 9.85. The van der Waals surface area contributed by atoms with Gasteiger partial charge in [0, 0.05) is 25.8 Å². The number of hydrogen-bond acceptors (Lipinski definition) is 5. The molecule has 2 aromatic carbocycles. The van der Waals surface area contributed by atoms with E-state index in [1.54, 1.807) is 6.20 Å². The van der Waals surface area contributed by atoms with E-state index in [0.717, 1.165) is 50.0 Å². The first-order chi connectivity index (χ1) is 20.5. The molecule has 0 spiro atoms. The summed E-state index contributed by atoms with van der Waals surface area (Å²) in [5, 5.41) is 9.62. The zero-order chi connectivity index (χ0) is 29.1. The number of carboxylic acids is 1. The van der Waals surface area contributed by atoms with Gasteiger partial charge in [0.25, 0.3) is 5.91 Å². The number of nitrogens with zero attached hydrogens (tertiary/aromatic N) is 4. The van der Waals surface area contributed by atoms with Gasteiger partial charge in [-0.3, -0.25) is 9.59 Å². The first-order valence-electron chi connectivity index (χ1n) is 15.7. The zero-order valence-electron chi connectivity index (χ0n) is 24.7. The molecular weight excluding hydrogens is 524 g/mol. The van der Waals surface area contributed by atoms with Crippen molar-refractivity contribution >= 4 is 17.8 Å². The summed E-state index contributed by atoms with van der Waals surface area (Å²) in [7, 11) is 0. The van der Waals surface area contributed by atoms with Crippen LogP contribution in [0.3, 0.4) is 0 Å². The van der Waals surface area contributed by atoms with Gasteiger partial charge in [-0.2, -0.15) is 0 Å². The van der Waals surface area contributed by atoms with Crippen LogP contribution >= 0.6 is 0 Å². The van der Waals surface area contributed by atoms with Gasteiger partial charge < -0.3 is 14.9 Å². The minimum Gasteiger partial charge on any atom is -0.480 e. The number of amides is 1. The molecule has 1 saturated heterocycles. The summed E-state index contributed by atoms with van der Waals surface area (Å²) < 4.78 is 0. The Morgan fingerprint density at radius 1 is 0.833 bits per heavy atom. The molecule has 0 radical (unpaired) electrons. The van der Waals surface area contributed by atoms with E-state index in [1.165, 1.54) is 42.6 Å². The van der Waals surface area contributed by atoms with Gasteiger partial charge in [-0.1, -0.05) is 92.8 Å². The molecule has 1 aromatic heterocycles. The minimum absolute atomic E-state index is 0.292. The highest BCUT2D eigenvalue weighted by Crippen LogP contribution is 2.29. The quantitative estimate of drug-likeness (QED) is 0.279. The summed E-state index contributed by atoms with van der Waals surface area (Å²) in [6.07, 6.45) is 13.6. The smallest absolute Gasteiger partial charge is 0.323 e. The number of carboxylic acid groups (broad SMARTS) is 1. The number of aryl methyl sites for hydroxylation is 1. The van der Waals surface area contributed by atoms with Gasteiger partial charge in [0.15, 0.2) is 0 Å². The number of hydrogen-bond donors (Lipinski definition) is 1. The molecule has 222 valence electrons. The van der Waals surface area contributed by atoms with Crippen molar-refractivity contribution in [2.45, 2.75) is 70.6 Å². The summed E-state index contributed by atoms with van der Waals surface area (Å²) in [5.41, 5.74) is 3.67. The maximum absolute atomic E-state index is 13.8. The highest BCUT2D eigenvalue weighted by Gasteiger charge is 2.26. The van der Waals surface area contributed by atoms with E-state index in [9.17, 15) is 14.7 Å². The molecule has 0 atom stereocenters. The van der Waals surface area contributed by atoms with Crippen molar-refractivity contribution in [3.8, 4) is 0 Å². The van der Waals surface area contributed by atoms with Crippen LogP contribution in [0.25, 0.3) is 0 Å². The van der Waals surface area contributed by atoms with Crippen LogP contribution in [0.15, 0.2) is 66.9 Å². The van der Waals surface area contributed by atoms with Crippen LogP contribution in [-0.4, -0.2) is 58.0 Å². The second-order valence-corrected chi connectivity index (χ2v) is 12.0. The Bertz CT molecular complexity index is 1290. The first-order valence-corrected chi connectivity index (χ1v) is 15.7. The van der Waals surface area contributed by atoms with Crippen molar-refractivity contribution in [1.29, 1.82) is 0 Å². The number of carbonyl (C=O) groups excluding carboxylic acids is 1. The SMILES string of the molecule is O=C(O)CN(CCc1ccccc1)C(=O)c1cnc(N2CCC(Cc3ccccc3)CC2)nc1CCC1CCCCC1. The molecule has 0 bridgehead atoms. The van der Waals surface area contributed by atoms with Gasteiger partial charge in [0.1, 0.15) is 6.54 Å². The van der Waals surface area contributed by atoms with Crippen molar-refractivity contribution in [3.05, 3.63) is 89.2 Å². The molecule has 0 unspecified atom stereocenters. The fourth-order valence-electron chi connectivity index (χ4n) is 6.52. The predicted octanol–water partition coefficient (Wildman–Crippen LogP) is 6.22. The molecule has 2 aliphatic rings. The Morgan fingerprint density at radius 3 is 2.17 bits per heavy atom. The molecule has 2 fully saturated rings. The Hall–Kier alpha value is -3.74. The van der Waals surface area contributed by atoms with Crippen LogP contribution in [0.5, 0.6) is 0 Å². The highest BCUT2D eigenvalue weighted by atomic mass is 16.4. The van der Waals surface area contributed by atoms with Gasteiger partial charge in [0.2, 0.25) is 5.95 Å². The fraction of sp³-hybridized carbons (Fsp3) is 0.486. The van der Waals surface area contributed by atoms with Crippen molar-refractivity contribution < 1.29 is 14.7 Å². The summed E-state index contributed by atoms with van der Waals surface area (Å²) >= 11 is 0. The van der Waals surface area contributed by atoms with E-state index in [2.05, 4.69) is 40.2 Å². The number of piperidine rings is 1. The largest absolute Gasteiger partial charge is 0.480 e. The molecular formula is C35H44N4O3. The number of benzene rings is 2. The van der Waals surface area contributed by atoms with E-state index < -0.39 is 5.97 Å². The third-order valence-corrected chi connectivity index (χ3v) is 8.99. The Labute approximate surface area is 250 Å². The van der Waals surface area contributed by atoms with Crippen molar-refractivity contribution in [2.75, 3.05) is 31.1 Å². The lowest BCUT2D eigenvalue weighted by Crippen LogP contribution is -2.38. The standard InChI is InChI=1S/C35H44N4O3/c40-33(41)26-39(23-18-28-12-6-2-7-13-28)34(42)31-25-36-35(37-32(31)17-16-27-10-4-1-5-11-27)38-21-19-30(20-22-38)24-29-14-8-3-9-15-29/h2-3,6-9,12-15,25,27,30H,1,4-5,10-11,16-24,26H2,(H,40,41). The van der Waals surface area contributed by atoms with Crippen LogP contribution in [0.2, 0.25) is 0 Å². The lowest BCUT2D eigenvalue weighted by Gasteiger charge is -2.32. The van der Waals surface area contributed by atoms with E-state index in [4.69, 9.17) is 4.98 Å². The molecule has 1 N–H and O–H groups in total. The average molecular weight is 569 g/mol. The molecule has 2 heterocycles. The molecule has 5 rings (SSSR count). The third kappa shape index (κ3) is 8.40. The van der Waals surface area contributed by atoms with Gasteiger partial charge in [-0.15, -0.1) is 0 Å². The zero-order valence-corrected chi connectivity index (χ0v) is 24.7. The van der Waals surface area contributed by atoms with Crippen molar-refractivity contribution in [3.63, 3.8) is 0 Å². The van der Waals surface area contributed by atoms with Crippen molar-refractivity contribution in [2.24, 2.45) is 11.8 Å². The average Bonchev–Trinajstić information content (AvgIpc) is 3.03. The highest BCUT2D eigenvalue weighted by molar-refractivity contribution is 5.96. The second kappa shape index (κ2) is 14.9. The summed E-state index contributed by atoms with van der Waals surface area (Å²) in [6.45, 7) is 1.78. The molecule has 7 heteroatoms. The normalized spacial score (nSPS) is 16.3. The van der Waals surface area contributed by atoms with E-state index in [0.29, 0.717) is 42.7 Å². The molecule has 1 aliphatic heterocycles. The van der Waals surface area contributed by atoms with Gasteiger partial charge in [-0.05, 0) is 61.5 Å². The van der Waals surface area contributed by atoms with Crippen molar-refractivity contribution in [1.82, 2.24) is 14.9 Å². The summed E-state index contributed by atoms with van der Waals surface area (Å²) in [5.74, 6) is 0.681. The minimum atomic E-state index is -1.02. The first kappa shape index (κ1) is 29.7. The molecule has 3 aromatic rings. The number of anilines is 1. The maximum Gasteiger partial charge on any atom is 0.323 e. The number of rotatable bonds is 12. The molecule has 1 amide bonds. The Kier molecular flexibility index (Phi) is 10.6. The Morgan fingerprint density at radius 2 is 1.50 bits per heavy atom. The van der Waals surface area contributed by atoms with Gasteiger partial charge >= 0.3 is 5.97 Å². The van der Waals surface area contributed by atoms with Crippen LogP contribution in [-0.2, 0) is 24.1 Å². The number of aliphatic carboxylic acids is 1. The molecule has 1 saturated carbocycles. The van der Waals surface area contributed by atoms with Crippen LogP contribution in [0, 0.1) is 11.8 Å². The van der Waals surface area contributed by atoms with Gasteiger partial charge in [-0.25, -0.2) is 9.97 Å². The maximum atomic E-state index is 13.8. The lowest BCUT2D eigenvalue weighted by molar-refractivity contribution is -0.137. The summed E-state index contributed by atoms with van der Waals surface area (Å²) in [6, 6.07) is 20.6. The van der Waals surface area contributed by atoms with E-state index in [-0.39, 0.29) is 12.5 Å².